The Bertz CT molecular complexity index is 534. The molecule has 0 radical (unpaired) electrons. The molecule has 2 aromatic carbocycles. The topological polar surface area (TPSA) is 33.1 Å². The SMILES string of the molecule is COc1ccc(C(=N)c2ccccc2S)cc1. The van der Waals surface area contributed by atoms with Gasteiger partial charge >= 0.3 is 0 Å². The predicted molar refractivity (Wildman–Crippen MR) is 72.6 cm³/mol. The average Bonchev–Trinajstić information content (AvgIpc) is 2.39. The summed E-state index contributed by atoms with van der Waals surface area (Å²) in [5.41, 5.74) is 2.16. The number of hydrogen-bond donors (Lipinski definition) is 2. The summed E-state index contributed by atoms with van der Waals surface area (Å²) in [5.74, 6) is 0.792. The van der Waals surface area contributed by atoms with Gasteiger partial charge in [0.15, 0.2) is 0 Å². The van der Waals surface area contributed by atoms with Crippen LogP contribution in [-0.4, -0.2) is 12.8 Å². The molecular weight excluding hydrogens is 230 g/mol. The number of rotatable bonds is 3. The van der Waals surface area contributed by atoms with E-state index in [1.165, 1.54) is 0 Å². The summed E-state index contributed by atoms with van der Waals surface area (Å²) in [6.45, 7) is 0. The Morgan fingerprint density at radius 3 is 2.29 bits per heavy atom. The van der Waals surface area contributed by atoms with Crippen molar-refractivity contribution in [3.63, 3.8) is 0 Å². The Balaban J connectivity index is 2.34. The normalized spacial score (nSPS) is 10.0. The van der Waals surface area contributed by atoms with Crippen molar-refractivity contribution in [2.75, 3.05) is 7.11 Å². The van der Waals surface area contributed by atoms with Gasteiger partial charge in [-0.15, -0.1) is 12.6 Å². The first kappa shape index (κ1) is 11.7. The number of hydrogen-bond acceptors (Lipinski definition) is 3. The van der Waals surface area contributed by atoms with Gasteiger partial charge in [-0.05, 0) is 30.3 Å². The molecule has 0 fully saturated rings. The smallest absolute Gasteiger partial charge is 0.118 e. The van der Waals surface area contributed by atoms with Crippen LogP contribution in [-0.2, 0) is 0 Å². The highest BCUT2D eigenvalue weighted by Gasteiger charge is 2.07. The van der Waals surface area contributed by atoms with Crippen LogP contribution in [0.5, 0.6) is 5.75 Å². The first-order valence-electron chi connectivity index (χ1n) is 5.23. The molecule has 0 saturated heterocycles. The summed E-state index contributed by atoms with van der Waals surface area (Å²) in [6, 6.07) is 15.1. The third kappa shape index (κ3) is 2.50. The maximum atomic E-state index is 8.15. The predicted octanol–water partition coefficient (Wildman–Crippen LogP) is 3.40. The molecule has 86 valence electrons. The molecule has 0 aliphatic heterocycles. The van der Waals surface area contributed by atoms with Crippen molar-refractivity contribution >= 4 is 18.3 Å². The molecule has 2 rings (SSSR count). The van der Waals surface area contributed by atoms with E-state index in [2.05, 4.69) is 12.6 Å². The molecule has 0 atom stereocenters. The van der Waals surface area contributed by atoms with E-state index in [9.17, 15) is 0 Å². The number of benzene rings is 2. The van der Waals surface area contributed by atoms with Crippen LogP contribution < -0.4 is 4.74 Å². The van der Waals surface area contributed by atoms with Gasteiger partial charge in [-0.2, -0.15) is 0 Å². The molecule has 1 N–H and O–H groups in total. The third-order valence-corrected chi connectivity index (χ3v) is 2.94. The summed E-state index contributed by atoms with van der Waals surface area (Å²) in [7, 11) is 1.63. The van der Waals surface area contributed by atoms with Crippen molar-refractivity contribution < 1.29 is 4.74 Å². The number of ether oxygens (including phenoxy) is 1. The highest BCUT2D eigenvalue weighted by Crippen LogP contribution is 2.19. The van der Waals surface area contributed by atoms with Crippen LogP contribution in [0.1, 0.15) is 11.1 Å². The fraction of sp³-hybridized carbons (Fsp3) is 0.0714. The number of methoxy groups -OCH3 is 1. The van der Waals surface area contributed by atoms with E-state index in [0.717, 1.165) is 21.8 Å². The Morgan fingerprint density at radius 1 is 1.06 bits per heavy atom. The van der Waals surface area contributed by atoms with Crippen molar-refractivity contribution in [1.29, 1.82) is 5.41 Å². The number of nitrogens with one attached hydrogen (secondary N) is 1. The van der Waals surface area contributed by atoms with Crippen LogP contribution in [0.15, 0.2) is 53.4 Å². The lowest BCUT2D eigenvalue weighted by Crippen LogP contribution is -2.02. The lowest BCUT2D eigenvalue weighted by Gasteiger charge is -2.07. The maximum absolute atomic E-state index is 8.15. The lowest BCUT2D eigenvalue weighted by atomic mass is 10.0. The zero-order valence-corrected chi connectivity index (χ0v) is 10.4. The van der Waals surface area contributed by atoms with Crippen LogP contribution >= 0.6 is 12.6 Å². The minimum Gasteiger partial charge on any atom is -0.497 e. The van der Waals surface area contributed by atoms with Gasteiger partial charge in [-0.3, -0.25) is 5.41 Å². The molecule has 0 unspecified atom stereocenters. The average molecular weight is 243 g/mol. The summed E-state index contributed by atoms with van der Waals surface area (Å²) in [6.07, 6.45) is 0. The van der Waals surface area contributed by atoms with Crippen molar-refractivity contribution in [1.82, 2.24) is 0 Å². The largest absolute Gasteiger partial charge is 0.497 e. The molecule has 0 spiro atoms. The first-order valence-corrected chi connectivity index (χ1v) is 5.68. The first-order chi connectivity index (χ1) is 8.22. The van der Waals surface area contributed by atoms with Gasteiger partial charge in [0.1, 0.15) is 5.75 Å². The Labute approximate surface area is 106 Å². The van der Waals surface area contributed by atoms with E-state index in [4.69, 9.17) is 10.1 Å². The zero-order valence-electron chi connectivity index (χ0n) is 9.47. The van der Waals surface area contributed by atoms with E-state index in [1.54, 1.807) is 7.11 Å². The van der Waals surface area contributed by atoms with E-state index in [-0.39, 0.29) is 0 Å². The third-order valence-electron chi connectivity index (χ3n) is 2.55. The van der Waals surface area contributed by atoms with Crippen LogP contribution in [0.25, 0.3) is 0 Å². The van der Waals surface area contributed by atoms with Crippen LogP contribution in [0.4, 0.5) is 0 Å². The second kappa shape index (κ2) is 5.06. The van der Waals surface area contributed by atoms with Gasteiger partial charge in [-0.25, -0.2) is 0 Å². The van der Waals surface area contributed by atoms with Crippen LogP contribution in [0, 0.1) is 5.41 Å². The fourth-order valence-corrected chi connectivity index (χ4v) is 1.87. The molecule has 0 aliphatic rings. The quantitative estimate of drug-likeness (QED) is 0.628. The lowest BCUT2D eigenvalue weighted by molar-refractivity contribution is 0.415. The highest BCUT2D eigenvalue weighted by molar-refractivity contribution is 7.80. The molecule has 0 aliphatic carbocycles. The molecule has 3 heteroatoms. The highest BCUT2D eigenvalue weighted by atomic mass is 32.1. The van der Waals surface area contributed by atoms with Crippen molar-refractivity contribution in [3.05, 3.63) is 59.7 Å². The monoisotopic (exact) mass is 243 g/mol. The fourth-order valence-electron chi connectivity index (χ4n) is 1.60. The van der Waals surface area contributed by atoms with Crippen molar-refractivity contribution in [2.24, 2.45) is 0 Å². The van der Waals surface area contributed by atoms with E-state index < -0.39 is 0 Å². The van der Waals surface area contributed by atoms with E-state index in [0.29, 0.717) is 5.71 Å². The van der Waals surface area contributed by atoms with Gasteiger partial charge in [0.05, 0.1) is 12.8 Å². The molecule has 0 aromatic heterocycles. The summed E-state index contributed by atoms with van der Waals surface area (Å²) in [4.78, 5) is 0.813. The van der Waals surface area contributed by atoms with E-state index >= 15 is 0 Å². The molecular formula is C14H13NOS. The van der Waals surface area contributed by atoms with Gasteiger partial charge in [0.25, 0.3) is 0 Å². The molecule has 0 amide bonds. The van der Waals surface area contributed by atoms with E-state index in [1.807, 2.05) is 48.5 Å². The van der Waals surface area contributed by atoms with Gasteiger partial charge in [-0.1, -0.05) is 18.2 Å². The number of thiol groups is 1. The Kier molecular flexibility index (Phi) is 3.49. The van der Waals surface area contributed by atoms with Gasteiger partial charge < -0.3 is 4.74 Å². The molecule has 0 saturated carbocycles. The van der Waals surface area contributed by atoms with Crippen LogP contribution in [0.2, 0.25) is 0 Å². The van der Waals surface area contributed by atoms with Crippen LogP contribution in [0.3, 0.4) is 0 Å². The molecule has 2 nitrogen and oxygen atoms in total. The summed E-state index contributed by atoms with van der Waals surface area (Å²) >= 11 is 4.36. The molecule has 0 heterocycles. The molecule has 0 bridgehead atoms. The second-order valence-corrected chi connectivity index (χ2v) is 4.10. The zero-order chi connectivity index (χ0) is 12.3. The minimum atomic E-state index is 0.471. The Morgan fingerprint density at radius 2 is 1.71 bits per heavy atom. The van der Waals surface area contributed by atoms with Crippen molar-refractivity contribution in [3.8, 4) is 5.75 Å². The summed E-state index contributed by atoms with van der Waals surface area (Å²) in [5, 5.41) is 8.15. The summed E-state index contributed by atoms with van der Waals surface area (Å²) < 4.78 is 5.09. The Hall–Kier alpha value is -1.74. The van der Waals surface area contributed by atoms with Gasteiger partial charge in [0.2, 0.25) is 0 Å². The maximum Gasteiger partial charge on any atom is 0.118 e. The molecule has 2 aromatic rings. The molecule has 17 heavy (non-hydrogen) atoms. The standard InChI is InChI=1S/C14H13NOS/c1-16-11-8-6-10(7-9-11)14(15)12-4-2-3-5-13(12)17/h2-9,15,17H,1H3. The van der Waals surface area contributed by atoms with Gasteiger partial charge in [0, 0.05) is 16.0 Å². The second-order valence-electron chi connectivity index (χ2n) is 3.62. The van der Waals surface area contributed by atoms with Crippen molar-refractivity contribution in [2.45, 2.75) is 4.90 Å². The minimum absolute atomic E-state index is 0.471.